The van der Waals surface area contributed by atoms with E-state index >= 15 is 0 Å². The second-order valence-corrected chi connectivity index (χ2v) is 5.88. The van der Waals surface area contributed by atoms with Gasteiger partial charge in [0.15, 0.2) is 11.4 Å². The number of benzene rings is 2. The monoisotopic (exact) mass is 322 g/mol. The minimum atomic E-state index is -0.283. The molecular formula is C18H14N2O2S. The van der Waals surface area contributed by atoms with Crippen LogP contribution in [0.4, 0.5) is 0 Å². The molecule has 23 heavy (non-hydrogen) atoms. The number of aromatic nitrogens is 2. The summed E-state index contributed by atoms with van der Waals surface area (Å²) >= 11 is 0.877. The molecule has 0 bridgehead atoms. The molecule has 0 fully saturated rings. The van der Waals surface area contributed by atoms with Gasteiger partial charge in [-0.15, -0.1) is 0 Å². The van der Waals surface area contributed by atoms with Gasteiger partial charge in [0.25, 0.3) is 0 Å². The highest BCUT2D eigenvalue weighted by Gasteiger charge is 2.24. The van der Waals surface area contributed by atoms with Gasteiger partial charge in [-0.3, -0.25) is 9.59 Å². The Kier molecular flexibility index (Phi) is 4.12. The van der Waals surface area contributed by atoms with Crippen molar-refractivity contribution in [3.8, 4) is 0 Å². The molecule has 0 amide bonds. The second kappa shape index (κ2) is 6.22. The standard InChI is InChI=1S/C18H14N2O2S/c1-11-3-7-13(8-4-11)17(21)15-16(20-23-19-15)18(22)14-9-5-12(2)6-10-14/h3-10H,1-2H3. The summed E-state index contributed by atoms with van der Waals surface area (Å²) in [5, 5.41) is 0. The molecule has 1 aromatic heterocycles. The van der Waals surface area contributed by atoms with Gasteiger partial charge in [0.05, 0.1) is 11.7 Å². The summed E-state index contributed by atoms with van der Waals surface area (Å²) in [6, 6.07) is 14.4. The fourth-order valence-electron chi connectivity index (χ4n) is 2.17. The molecule has 0 aliphatic carbocycles. The Morgan fingerprint density at radius 3 is 1.39 bits per heavy atom. The molecule has 0 atom stereocenters. The summed E-state index contributed by atoms with van der Waals surface area (Å²) < 4.78 is 8.08. The number of hydrogen-bond donors (Lipinski definition) is 0. The topological polar surface area (TPSA) is 59.9 Å². The van der Waals surface area contributed by atoms with Crippen LogP contribution in [0.2, 0.25) is 0 Å². The summed E-state index contributed by atoms with van der Waals surface area (Å²) in [5.74, 6) is -0.566. The zero-order valence-corrected chi connectivity index (χ0v) is 13.6. The predicted molar refractivity (Wildman–Crippen MR) is 89.1 cm³/mol. The van der Waals surface area contributed by atoms with Crippen LogP contribution in [0.15, 0.2) is 48.5 Å². The van der Waals surface area contributed by atoms with Crippen molar-refractivity contribution in [3.05, 3.63) is 82.2 Å². The molecule has 3 aromatic rings. The minimum Gasteiger partial charge on any atom is -0.287 e. The fourth-order valence-corrected chi connectivity index (χ4v) is 2.71. The molecule has 1 heterocycles. The third kappa shape index (κ3) is 3.10. The smallest absolute Gasteiger partial charge is 0.214 e. The van der Waals surface area contributed by atoms with Crippen LogP contribution in [0.3, 0.4) is 0 Å². The summed E-state index contributed by atoms with van der Waals surface area (Å²) in [7, 11) is 0. The van der Waals surface area contributed by atoms with Crippen molar-refractivity contribution < 1.29 is 9.59 Å². The first kappa shape index (κ1) is 15.2. The van der Waals surface area contributed by atoms with Gasteiger partial charge in [-0.25, -0.2) is 0 Å². The van der Waals surface area contributed by atoms with Crippen LogP contribution < -0.4 is 0 Å². The highest BCUT2D eigenvalue weighted by Crippen LogP contribution is 2.17. The highest BCUT2D eigenvalue weighted by atomic mass is 32.1. The van der Waals surface area contributed by atoms with E-state index in [2.05, 4.69) is 8.75 Å². The van der Waals surface area contributed by atoms with E-state index in [4.69, 9.17) is 0 Å². The summed E-state index contributed by atoms with van der Waals surface area (Å²) in [6.45, 7) is 3.90. The van der Waals surface area contributed by atoms with E-state index in [-0.39, 0.29) is 23.0 Å². The van der Waals surface area contributed by atoms with Gasteiger partial charge in [0.2, 0.25) is 11.6 Å². The molecule has 0 radical (unpaired) electrons. The Labute approximate surface area is 138 Å². The lowest BCUT2D eigenvalue weighted by Crippen LogP contribution is -2.11. The first-order valence-corrected chi connectivity index (χ1v) is 7.84. The molecule has 114 valence electrons. The van der Waals surface area contributed by atoms with Gasteiger partial charge in [-0.1, -0.05) is 59.7 Å². The third-order valence-corrected chi connectivity index (χ3v) is 4.07. The second-order valence-electron chi connectivity index (χ2n) is 5.35. The van der Waals surface area contributed by atoms with Crippen molar-refractivity contribution in [2.75, 3.05) is 0 Å². The molecule has 0 spiro atoms. The number of carbonyl (C=O) groups excluding carboxylic acids is 2. The van der Waals surface area contributed by atoms with E-state index in [1.807, 2.05) is 38.1 Å². The zero-order chi connectivity index (χ0) is 16.4. The lowest BCUT2D eigenvalue weighted by molar-refractivity contribution is 0.0998. The van der Waals surface area contributed by atoms with Crippen molar-refractivity contribution in [1.82, 2.24) is 8.75 Å². The largest absolute Gasteiger partial charge is 0.287 e. The maximum Gasteiger partial charge on any atom is 0.214 e. The minimum absolute atomic E-state index is 0.115. The Balaban J connectivity index is 1.96. The quantitative estimate of drug-likeness (QED) is 0.688. The van der Waals surface area contributed by atoms with Crippen LogP contribution in [0.5, 0.6) is 0 Å². The summed E-state index contributed by atoms with van der Waals surface area (Å²) in [5.41, 5.74) is 3.36. The van der Waals surface area contributed by atoms with Gasteiger partial charge in [-0.05, 0) is 13.8 Å². The molecule has 0 saturated heterocycles. The lowest BCUT2D eigenvalue weighted by atomic mass is 10.0. The number of carbonyl (C=O) groups is 2. The molecule has 0 saturated carbocycles. The molecule has 0 aliphatic rings. The van der Waals surface area contributed by atoms with Gasteiger partial charge in [0, 0.05) is 11.1 Å². The normalized spacial score (nSPS) is 10.5. The van der Waals surface area contributed by atoms with Gasteiger partial charge >= 0.3 is 0 Å². The van der Waals surface area contributed by atoms with Gasteiger partial charge in [-0.2, -0.15) is 8.75 Å². The Bertz CT molecular complexity index is 793. The maximum absolute atomic E-state index is 12.6. The van der Waals surface area contributed by atoms with Gasteiger partial charge < -0.3 is 0 Å². The van der Waals surface area contributed by atoms with Crippen molar-refractivity contribution in [3.63, 3.8) is 0 Å². The first-order valence-electron chi connectivity index (χ1n) is 7.11. The van der Waals surface area contributed by atoms with E-state index in [1.165, 1.54) is 0 Å². The van der Waals surface area contributed by atoms with E-state index < -0.39 is 0 Å². The van der Waals surface area contributed by atoms with Crippen LogP contribution in [0.25, 0.3) is 0 Å². The van der Waals surface area contributed by atoms with Gasteiger partial charge in [0.1, 0.15) is 0 Å². The first-order chi connectivity index (χ1) is 11.1. The van der Waals surface area contributed by atoms with E-state index in [9.17, 15) is 9.59 Å². The lowest BCUT2D eigenvalue weighted by Gasteiger charge is -2.02. The van der Waals surface area contributed by atoms with Crippen LogP contribution >= 0.6 is 11.7 Å². The molecule has 3 rings (SSSR count). The SMILES string of the molecule is Cc1ccc(C(=O)c2nsnc2C(=O)c2ccc(C)cc2)cc1. The van der Waals surface area contributed by atoms with E-state index in [0.717, 1.165) is 22.9 Å². The number of aryl methyl sites for hydroxylation is 2. The molecule has 0 N–H and O–H groups in total. The average molecular weight is 322 g/mol. The van der Waals surface area contributed by atoms with Crippen LogP contribution in [-0.2, 0) is 0 Å². The maximum atomic E-state index is 12.6. The number of nitrogens with zero attached hydrogens (tertiary/aromatic N) is 2. The van der Waals surface area contributed by atoms with Crippen LogP contribution in [-0.4, -0.2) is 20.3 Å². The molecule has 4 nitrogen and oxygen atoms in total. The van der Waals surface area contributed by atoms with Crippen molar-refractivity contribution >= 4 is 23.3 Å². The molecule has 2 aromatic carbocycles. The number of ketones is 2. The third-order valence-electron chi connectivity index (χ3n) is 3.55. The number of rotatable bonds is 4. The molecule has 5 heteroatoms. The van der Waals surface area contributed by atoms with E-state index in [1.54, 1.807) is 24.3 Å². The van der Waals surface area contributed by atoms with Crippen molar-refractivity contribution in [1.29, 1.82) is 0 Å². The van der Waals surface area contributed by atoms with Crippen molar-refractivity contribution in [2.45, 2.75) is 13.8 Å². The predicted octanol–water partition coefficient (Wildman–Crippen LogP) is 3.62. The summed E-state index contributed by atoms with van der Waals surface area (Å²) in [6.07, 6.45) is 0. The van der Waals surface area contributed by atoms with Crippen molar-refractivity contribution in [2.24, 2.45) is 0 Å². The van der Waals surface area contributed by atoms with Crippen LogP contribution in [0.1, 0.15) is 43.2 Å². The zero-order valence-electron chi connectivity index (χ0n) is 12.7. The van der Waals surface area contributed by atoms with E-state index in [0.29, 0.717) is 11.1 Å². The Hall–Kier alpha value is -2.66. The fraction of sp³-hybridized carbons (Fsp3) is 0.111. The Morgan fingerprint density at radius 2 is 1.04 bits per heavy atom. The average Bonchev–Trinajstić information content (AvgIpc) is 3.04. The molecular weight excluding hydrogens is 308 g/mol. The summed E-state index contributed by atoms with van der Waals surface area (Å²) in [4.78, 5) is 25.2. The number of hydrogen-bond acceptors (Lipinski definition) is 5. The van der Waals surface area contributed by atoms with Crippen LogP contribution in [0, 0.1) is 13.8 Å². The Morgan fingerprint density at radius 1 is 0.696 bits per heavy atom. The highest BCUT2D eigenvalue weighted by molar-refractivity contribution is 6.99. The molecule has 0 aliphatic heterocycles. The molecule has 0 unspecified atom stereocenters.